The van der Waals surface area contributed by atoms with E-state index in [0.717, 1.165) is 35.1 Å². The molecule has 0 aliphatic carbocycles. The Morgan fingerprint density at radius 2 is 1.81 bits per heavy atom. The van der Waals surface area contributed by atoms with Crippen LogP contribution in [-0.4, -0.2) is 41.8 Å². The first-order valence-electron chi connectivity index (χ1n) is 11.1. The summed E-state index contributed by atoms with van der Waals surface area (Å²) >= 11 is 0. The first-order chi connectivity index (χ1) is 15.6. The molecule has 1 atom stereocenters. The van der Waals surface area contributed by atoms with Crippen LogP contribution in [0.1, 0.15) is 24.0 Å². The minimum Gasteiger partial charge on any atom is -0.359 e. The molecular formula is C27H29N3O2. The molecule has 0 saturated carbocycles. The molecule has 164 valence electrons. The summed E-state index contributed by atoms with van der Waals surface area (Å²) < 4.78 is 0. The Morgan fingerprint density at radius 1 is 1.03 bits per heavy atom. The van der Waals surface area contributed by atoms with Crippen molar-refractivity contribution in [1.82, 2.24) is 15.2 Å². The van der Waals surface area contributed by atoms with Gasteiger partial charge < -0.3 is 10.2 Å². The zero-order chi connectivity index (χ0) is 22.4. The highest BCUT2D eigenvalue weighted by Crippen LogP contribution is 2.37. The minimum atomic E-state index is -0.655. The largest absolute Gasteiger partial charge is 0.359 e. The Morgan fingerprint density at radius 3 is 2.56 bits per heavy atom. The molecule has 2 aromatic carbocycles. The number of piperidine rings is 1. The SMILES string of the molecule is CNC(=O)C1(Cc2ccccc2-c2cccnc2)CCCN(C(=O)Cc2ccccc2)C1. The number of carbonyl (C=O) groups is 2. The van der Waals surface area contributed by atoms with Gasteiger partial charge in [-0.25, -0.2) is 0 Å². The van der Waals surface area contributed by atoms with Gasteiger partial charge in [-0.1, -0.05) is 60.7 Å². The number of nitrogens with zero attached hydrogens (tertiary/aromatic N) is 2. The maximum Gasteiger partial charge on any atom is 0.228 e. The van der Waals surface area contributed by atoms with Gasteiger partial charge in [0.15, 0.2) is 0 Å². The molecule has 4 rings (SSSR count). The fraction of sp³-hybridized carbons (Fsp3) is 0.296. The van der Waals surface area contributed by atoms with E-state index in [1.807, 2.05) is 65.7 Å². The van der Waals surface area contributed by atoms with Gasteiger partial charge >= 0.3 is 0 Å². The van der Waals surface area contributed by atoms with E-state index >= 15 is 0 Å². The van der Waals surface area contributed by atoms with Crippen LogP contribution in [-0.2, 0) is 22.4 Å². The molecule has 0 spiro atoms. The summed E-state index contributed by atoms with van der Waals surface area (Å²) in [7, 11) is 1.68. The number of pyridine rings is 1. The predicted molar refractivity (Wildman–Crippen MR) is 126 cm³/mol. The van der Waals surface area contributed by atoms with E-state index in [2.05, 4.69) is 22.4 Å². The number of likely N-dealkylation sites (tertiary alicyclic amines) is 1. The number of hydrogen-bond donors (Lipinski definition) is 1. The van der Waals surface area contributed by atoms with Crippen molar-refractivity contribution in [2.45, 2.75) is 25.7 Å². The fourth-order valence-corrected chi connectivity index (χ4v) is 4.74. The van der Waals surface area contributed by atoms with Crippen molar-refractivity contribution in [2.75, 3.05) is 20.1 Å². The lowest BCUT2D eigenvalue weighted by atomic mass is 9.73. The van der Waals surface area contributed by atoms with Crippen LogP contribution in [0, 0.1) is 5.41 Å². The van der Waals surface area contributed by atoms with E-state index in [9.17, 15) is 9.59 Å². The van der Waals surface area contributed by atoms with Crippen LogP contribution in [0.3, 0.4) is 0 Å². The van der Waals surface area contributed by atoms with Crippen molar-refractivity contribution in [3.63, 3.8) is 0 Å². The highest BCUT2D eigenvalue weighted by Gasteiger charge is 2.43. The molecule has 5 heteroatoms. The lowest BCUT2D eigenvalue weighted by molar-refractivity contribution is -0.141. The zero-order valence-corrected chi connectivity index (χ0v) is 18.5. The molecule has 5 nitrogen and oxygen atoms in total. The van der Waals surface area contributed by atoms with Gasteiger partial charge in [-0.2, -0.15) is 0 Å². The molecule has 1 aliphatic heterocycles. The average molecular weight is 428 g/mol. The van der Waals surface area contributed by atoms with E-state index in [1.165, 1.54) is 0 Å². The van der Waals surface area contributed by atoms with Gasteiger partial charge in [0.2, 0.25) is 11.8 Å². The number of carbonyl (C=O) groups excluding carboxylic acids is 2. The summed E-state index contributed by atoms with van der Waals surface area (Å²) in [6.45, 7) is 1.12. The minimum absolute atomic E-state index is 0.00398. The predicted octanol–water partition coefficient (Wildman–Crippen LogP) is 3.89. The molecule has 2 heterocycles. The van der Waals surface area contributed by atoms with Gasteiger partial charge in [-0.15, -0.1) is 0 Å². The molecule has 0 radical (unpaired) electrons. The lowest BCUT2D eigenvalue weighted by Crippen LogP contribution is -2.54. The second kappa shape index (κ2) is 9.77. The molecule has 3 aromatic rings. The van der Waals surface area contributed by atoms with Gasteiger partial charge in [0.1, 0.15) is 0 Å². The Labute approximate surface area is 189 Å². The number of hydrogen-bond acceptors (Lipinski definition) is 3. The normalized spacial score (nSPS) is 18.2. The molecule has 1 N–H and O–H groups in total. The number of benzene rings is 2. The Hall–Kier alpha value is -3.47. The zero-order valence-electron chi connectivity index (χ0n) is 18.5. The number of rotatable bonds is 6. The van der Waals surface area contributed by atoms with Gasteiger partial charge in [0.05, 0.1) is 11.8 Å². The molecule has 1 fully saturated rings. The van der Waals surface area contributed by atoms with E-state index in [-0.39, 0.29) is 11.8 Å². The van der Waals surface area contributed by atoms with Crippen molar-refractivity contribution >= 4 is 11.8 Å². The van der Waals surface area contributed by atoms with Crippen LogP contribution < -0.4 is 5.32 Å². The first kappa shape index (κ1) is 21.8. The van der Waals surface area contributed by atoms with E-state index < -0.39 is 5.41 Å². The standard InChI is InChI=1S/C27H29N3O2/c1-28-26(32)27(18-22-11-5-6-13-24(22)23-12-7-15-29-19-23)14-8-16-30(20-27)25(31)17-21-9-3-2-4-10-21/h2-7,9-13,15,19H,8,14,16-18,20H2,1H3,(H,28,32). The first-order valence-corrected chi connectivity index (χ1v) is 11.1. The van der Waals surface area contributed by atoms with Crippen LogP contribution >= 0.6 is 0 Å². The van der Waals surface area contributed by atoms with Crippen LogP contribution in [0.5, 0.6) is 0 Å². The lowest BCUT2D eigenvalue weighted by Gasteiger charge is -2.42. The summed E-state index contributed by atoms with van der Waals surface area (Å²) in [5, 5.41) is 2.87. The summed E-state index contributed by atoms with van der Waals surface area (Å²) in [4.78, 5) is 32.4. The third-order valence-corrected chi connectivity index (χ3v) is 6.36. The molecule has 1 saturated heterocycles. The molecule has 32 heavy (non-hydrogen) atoms. The summed E-state index contributed by atoms with van der Waals surface area (Å²) in [5.74, 6) is 0.0698. The molecular weight excluding hydrogens is 398 g/mol. The summed E-state index contributed by atoms with van der Waals surface area (Å²) in [5.41, 5.74) is 3.55. The molecule has 1 aliphatic rings. The third kappa shape index (κ3) is 4.72. The number of nitrogens with one attached hydrogen (secondary N) is 1. The quantitative estimate of drug-likeness (QED) is 0.649. The van der Waals surface area contributed by atoms with Gasteiger partial charge in [0.25, 0.3) is 0 Å². The number of amides is 2. The van der Waals surface area contributed by atoms with Crippen molar-refractivity contribution in [2.24, 2.45) is 5.41 Å². The van der Waals surface area contributed by atoms with Gasteiger partial charge in [-0.3, -0.25) is 14.6 Å². The average Bonchev–Trinajstić information content (AvgIpc) is 2.85. The Bertz CT molecular complexity index is 1070. The van der Waals surface area contributed by atoms with Crippen molar-refractivity contribution in [3.05, 3.63) is 90.3 Å². The highest BCUT2D eigenvalue weighted by atomic mass is 16.2. The maximum atomic E-state index is 13.2. The Kier molecular flexibility index (Phi) is 6.64. The highest BCUT2D eigenvalue weighted by molar-refractivity contribution is 5.85. The van der Waals surface area contributed by atoms with E-state index in [4.69, 9.17) is 0 Å². The van der Waals surface area contributed by atoms with Crippen LogP contribution in [0.25, 0.3) is 11.1 Å². The Balaban J connectivity index is 1.61. The van der Waals surface area contributed by atoms with Crippen LogP contribution in [0.4, 0.5) is 0 Å². The second-order valence-electron chi connectivity index (χ2n) is 8.52. The maximum absolute atomic E-state index is 13.2. The summed E-state index contributed by atoms with van der Waals surface area (Å²) in [6, 6.07) is 21.9. The third-order valence-electron chi connectivity index (χ3n) is 6.36. The van der Waals surface area contributed by atoms with Crippen molar-refractivity contribution in [3.8, 4) is 11.1 Å². The molecule has 1 unspecified atom stereocenters. The topological polar surface area (TPSA) is 62.3 Å². The molecule has 1 aromatic heterocycles. The van der Waals surface area contributed by atoms with Crippen molar-refractivity contribution in [1.29, 1.82) is 0 Å². The fourth-order valence-electron chi connectivity index (χ4n) is 4.74. The van der Waals surface area contributed by atoms with E-state index in [1.54, 1.807) is 13.2 Å². The smallest absolute Gasteiger partial charge is 0.228 e. The second-order valence-corrected chi connectivity index (χ2v) is 8.52. The van der Waals surface area contributed by atoms with E-state index in [0.29, 0.717) is 25.9 Å². The number of aromatic nitrogens is 1. The monoisotopic (exact) mass is 427 g/mol. The van der Waals surface area contributed by atoms with Crippen LogP contribution in [0.15, 0.2) is 79.1 Å². The van der Waals surface area contributed by atoms with Crippen LogP contribution in [0.2, 0.25) is 0 Å². The van der Waals surface area contributed by atoms with Gasteiger partial charge in [0, 0.05) is 38.1 Å². The summed E-state index contributed by atoms with van der Waals surface area (Å²) in [6.07, 6.45) is 6.10. The van der Waals surface area contributed by atoms with Crippen molar-refractivity contribution < 1.29 is 9.59 Å². The van der Waals surface area contributed by atoms with Gasteiger partial charge in [-0.05, 0) is 42.0 Å². The molecule has 0 bridgehead atoms. The molecule has 2 amide bonds.